The molecule has 0 aliphatic heterocycles. The molecule has 0 spiro atoms. The predicted octanol–water partition coefficient (Wildman–Crippen LogP) is 1.93. The quantitative estimate of drug-likeness (QED) is 0.547. The lowest BCUT2D eigenvalue weighted by Gasteiger charge is -2.14. The fourth-order valence-electron chi connectivity index (χ4n) is 1.90. The van der Waals surface area contributed by atoms with Gasteiger partial charge in [-0.2, -0.15) is 10.2 Å². The van der Waals surface area contributed by atoms with E-state index in [1.807, 2.05) is 20.8 Å². The second-order valence-corrected chi connectivity index (χ2v) is 6.34. The van der Waals surface area contributed by atoms with E-state index in [1.165, 1.54) is 6.21 Å². The number of hydrogen-bond acceptors (Lipinski definition) is 5. The summed E-state index contributed by atoms with van der Waals surface area (Å²) in [5.41, 5.74) is 3.86. The summed E-state index contributed by atoms with van der Waals surface area (Å²) >= 11 is 0. The van der Waals surface area contributed by atoms with E-state index in [2.05, 4.69) is 20.7 Å². The molecule has 0 saturated heterocycles. The zero-order chi connectivity index (χ0) is 18.4. The van der Waals surface area contributed by atoms with Gasteiger partial charge in [-0.3, -0.25) is 9.89 Å². The molecule has 3 N–H and O–H groups in total. The molecule has 1 aromatic carbocycles. The van der Waals surface area contributed by atoms with Crippen LogP contribution in [0.15, 0.2) is 35.4 Å². The van der Waals surface area contributed by atoms with Gasteiger partial charge >= 0.3 is 5.97 Å². The molecular formula is C17H20N4O4. The summed E-state index contributed by atoms with van der Waals surface area (Å²) in [4.78, 5) is 22.6. The van der Waals surface area contributed by atoms with Crippen LogP contribution in [-0.4, -0.2) is 40.0 Å². The van der Waals surface area contributed by atoms with Crippen LogP contribution in [0, 0.1) is 0 Å². The number of carbonyl (C=O) groups is 2. The highest BCUT2D eigenvalue weighted by molar-refractivity contribution is 5.93. The largest absolute Gasteiger partial charge is 0.481 e. The number of hydrogen-bond donors (Lipinski definition) is 3. The van der Waals surface area contributed by atoms with Gasteiger partial charge in [-0.15, -0.1) is 0 Å². The number of aromatic nitrogens is 2. The Balaban J connectivity index is 2.02. The fraction of sp³-hybridized carbons (Fsp3) is 0.294. The summed E-state index contributed by atoms with van der Waals surface area (Å²) in [5, 5.41) is 19.4. The predicted molar refractivity (Wildman–Crippen MR) is 91.9 cm³/mol. The Hall–Kier alpha value is -3.16. The molecule has 1 aromatic heterocycles. The van der Waals surface area contributed by atoms with E-state index >= 15 is 0 Å². The van der Waals surface area contributed by atoms with E-state index in [1.54, 1.807) is 30.3 Å². The second-order valence-electron chi connectivity index (χ2n) is 6.34. The van der Waals surface area contributed by atoms with Crippen molar-refractivity contribution in [3.63, 3.8) is 0 Å². The summed E-state index contributed by atoms with van der Waals surface area (Å²) in [7, 11) is 0. The monoisotopic (exact) mass is 344 g/mol. The van der Waals surface area contributed by atoms with Crippen LogP contribution in [0.25, 0.3) is 0 Å². The van der Waals surface area contributed by atoms with Crippen molar-refractivity contribution in [1.82, 2.24) is 15.6 Å². The first-order valence-electron chi connectivity index (χ1n) is 7.60. The molecule has 2 rings (SSSR count). The molecule has 1 heterocycles. The van der Waals surface area contributed by atoms with Crippen LogP contribution in [0.4, 0.5) is 0 Å². The number of benzene rings is 1. The molecule has 25 heavy (non-hydrogen) atoms. The normalized spacial score (nSPS) is 11.5. The number of carboxylic acid groups (broad SMARTS) is 1. The van der Waals surface area contributed by atoms with E-state index in [0.717, 1.165) is 5.69 Å². The zero-order valence-electron chi connectivity index (χ0n) is 14.2. The molecule has 8 nitrogen and oxygen atoms in total. The first kappa shape index (κ1) is 18.2. The van der Waals surface area contributed by atoms with Crippen molar-refractivity contribution < 1.29 is 19.4 Å². The first-order chi connectivity index (χ1) is 11.8. The van der Waals surface area contributed by atoms with Gasteiger partial charge in [0.2, 0.25) is 0 Å². The number of aliphatic carboxylic acids is 1. The lowest BCUT2D eigenvalue weighted by molar-refractivity contribution is -0.139. The Bertz CT molecular complexity index is 790. The van der Waals surface area contributed by atoms with Gasteiger partial charge in [0.05, 0.1) is 6.21 Å². The van der Waals surface area contributed by atoms with Crippen LogP contribution in [-0.2, 0) is 10.2 Å². The third-order valence-corrected chi connectivity index (χ3v) is 3.26. The van der Waals surface area contributed by atoms with Crippen molar-refractivity contribution in [1.29, 1.82) is 0 Å². The van der Waals surface area contributed by atoms with E-state index in [0.29, 0.717) is 11.3 Å². The standard InChI is InChI=1S/C17H20N4O4/c1-17(2,3)14-8-12(19-20-14)16(24)21-18-9-11-6-4-5-7-13(11)25-10-15(22)23/h4-9H,10H2,1-3H3,(H,19,20)(H,21,24)(H,22,23). The highest BCUT2D eigenvalue weighted by Crippen LogP contribution is 2.20. The second kappa shape index (κ2) is 7.61. The van der Waals surface area contributed by atoms with Gasteiger partial charge in [0.1, 0.15) is 5.75 Å². The number of rotatable bonds is 6. The number of hydrazone groups is 1. The third-order valence-electron chi connectivity index (χ3n) is 3.26. The van der Waals surface area contributed by atoms with E-state index in [4.69, 9.17) is 9.84 Å². The molecule has 8 heteroatoms. The van der Waals surface area contributed by atoms with Crippen molar-refractivity contribution in [3.8, 4) is 5.75 Å². The maximum Gasteiger partial charge on any atom is 0.341 e. The van der Waals surface area contributed by atoms with Crippen LogP contribution in [0.5, 0.6) is 5.75 Å². The van der Waals surface area contributed by atoms with Crippen molar-refractivity contribution in [2.75, 3.05) is 6.61 Å². The molecule has 0 atom stereocenters. The maximum absolute atomic E-state index is 12.1. The summed E-state index contributed by atoms with van der Waals surface area (Å²) in [6.07, 6.45) is 1.38. The lowest BCUT2D eigenvalue weighted by Crippen LogP contribution is -2.18. The summed E-state index contributed by atoms with van der Waals surface area (Å²) < 4.78 is 5.16. The van der Waals surface area contributed by atoms with E-state index in [-0.39, 0.29) is 11.1 Å². The molecule has 0 radical (unpaired) electrons. The fourth-order valence-corrected chi connectivity index (χ4v) is 1.90. The first-order valence-corrected chi connectivity index (χ1v) is 7.60. The topological polar surface area (TPSA) is 117 Å². The van der Waals surface area contributed by atoms with Crippen LogP contribution < -0.4 is 10.2 Å². The number of amides is 1. The van der Waals surface area contributed by atoms with Gasteiger partial charge in [-0.1, -0.05) is 32.9 Å². The minimum atomic E-state index is -1.08. The van der Waals surface area contributed by atoms with Gasteiger partial charge in [0.25, 0.3) is 5.91 Å². The molecule has 132 valence electrons. The van der Waals surface area contributed by atoms with Crippen molar-refractivity contribution in [3.05, 3.63) is 47.3 Å². The Morgan fingerprint density at radius 1 is 1.36 bits per heavy atom. The van der Waals surface area contributed by atoms with Crippen LogP contribution in [0.2, 0.25) is 0 Å². The lowest BCUT2D eigenvalue weighted by atomic mass is 9.92. The Morgan fingerprint density at radius 3 is 2.72 bits per heavy atom. The maximum atomic E-state index is 12.1. The van der Waals surface area contributed by atoms with Gasteiger partial charge in [0.15, 0.2) is 12.3 Å². The van der Waals surface area contributed by atoms with Crippen LogP contribution in [0.1, 0.15) is 42.5 Å². The number of para-hydroxylation sites is 1. The SMILES string of the molecule is CC(C)(C)c1cc(C(=O)NN=Cc2ccccc2OCC(=O)O)n[nH]1. The summed E-state index contributed by atoms with van der Waals surface area (Å²) in [6.45, 7) is 5.57. The number of aromatic amines is 1. The number of ether oxygens (including phenoxy) is 1. The Morgan fingerprint density at radius 2 is 2.08 bits per heavy atom. The van der Waals surface area contributed by atoms with Gasteiger partial charge < -0.3 is 9.84 Å². The van der Waals surface area contributed by atoms with Crippen LogP contribution in [0.3, 0.4) is 0 Å². The third kappa shape index (κ3) is 5.17. The average molecular weight is 344 g/mol. The smallest absolute Gasteiger partial charge is 0.341 e. The molecular weight excluding hydrogens is 324 g/mol. The zero-order valence-corrected chi connectivity index (χ0v) is 14.2. The highest BCUT2D eigenvalue weighted by atomic mass is 16.5. The number of nitrogens with zero attached hydrogens (tertiary/aromatic N) is 2. The van der Waals surface area contributed by atoms with Crippen LogP contribution >= 0.6 is 0 Å². The highest BCUT2D eigenvalue weighted by Gasteiger charge is 2.19. The molecule has 0 saturated carbocycles. The molecule has 0 bridgehead atoms. The van der Waals surface area contributed by atoms with Crippen molar-refractivity contribution >= 4 is 18.1 Å². The molecule has 2 aromatic rings. The van der Waals surface area contributed by atoms with E-state index in [9.17, 15) is 9.59 Å². The minimum absolute atomic E-state index is 0.144. The number of H-pyrrole nitrogens is 1. The number of carbonyl (C=O) groups excluding carboxylic acids is 1. The Labute approximate surface area is 144 Å². The van der Waals surface area contributed by atoms with Crippen molar-refractivity contribution in [2.45, 2.75) is 26.2 Å². The summed E-state index contributed by atoms with van der Waals surface area (Å²) in [6, 6.07) is 8.45. The molecule has 0 aliphatic rings. The minimum Gasteiger partial charge on any atom is -0.481 e. The number of carboxylic acids is 1. The van der Waals surface area contributed by atoms with Gasteiger partial charge in [-0.05, 0) is 18.2 Å². The molecule has 1 amide bonds. The van der Waals surface area contributed by atoms with E-state index < -0.39 is 18.5 Å². The molecule has 0 unspecified atom stereocenters. The number of nitrogens with one attached hydrogen (secondary N) is 2. The average Bonchev–Trinajstić information content (AvgIpc) is 3.04. The Kier molecular flexibility index (Phi) is 5.53. The molecule has 0 aliphatic carbocycles. The van der Waals surface area contributed by atoms with Gasteiger partial charge in [-0.25, -0.2) is 10.2 Å². The van der Waals surface area contributed by atoms with Gasteiger partial charge in [0, 0.05) is 16.7 Å². The molecule has 0 fully saturated rings. The van der Waals surface area contributed by atoms with Crippen molar-refractivity contribution in [2.24, 2.45) is 5.10 Å². The summed E-state index contributed by atoms with van der Waals surface area (Å²) in [5.74, 6) is -1.17.